The van der Waals surface area contributed by atoms with Gasteiger partial charge in [-0.05, 0) is 35.0 Å². The molecule has 0 spiro atoms. The SMILES string of the molecule is O=C(OCCOC(=O)c1cc2ccccc2cc1O)c1ccccc1. The lowest BCUT2D eigenvalue weighted by molar-refractivity contribution is 0.0264. The van der Waals surface area contributed by atoms with Crippen molar-refractivity contribution in [1.82, 2.24) is 0 Å². The molecule has 25 heavy (non-hydrogen) atoms. The van der Waals surface area contributed by atoms with Crippen molar-refractivity contribution < 1.29 is 24.2 Å². The summed E-state index contributed by atoms with van der Waals surface area (Å²) in [5.74, 6) is -1.30. The molecule has 0 aromatic heterocycles. The molecule has 5 nitrogen and oxygen atoms in total. The minimum absolute atomic E-state index is 0.0617. The Morgan fingerprint density at radius 3 is 2.00 bits per heavy atom. The van der Waals surface area contributed by atoms with E-state index < -0.39 is 11.9 Å². The Bertz CT molecular complexity index is 902. The van der Waals surface area contributed by atoms with Crippen molar-refractivity contribution in [2.75, 3.05) is 13.2 Å². The van der Waals surface area contributed by atoms with Crippen LogP contribution in [-0.2, 0) is 9.47 Å². The third kappa shape index (κ3) is 3.95. The number of fused-ring (bicyclic) bond motifs is 1. The number of aromatic hydroxyl groups is 1. The zero-order valence-corrected chi connectivity index (χ0v) is 13.3. The van der Waals surface area contributed by atoms with Crippen LogP contribution in [0.15, 0.2) is 66.7 Å². The molecule has 3 aromatic carbocycles. The van der Waals surface area contributed by atoms with Crippen LogP contribution in [0.1, 0.15) is 20.7 Å². The van der Waals surface area contributed by atoms with Crippen molar-refractivity contribution in [3.8, 4) is 5.75 Å². The molecule has 3 aromatic rings. The number of esters is 2. The maximum Gasteiger partial charge on any atom is 0.342 e. The summed E-state index contributed by atoms with van der Waals surface area (Å²) in [4.78, 5) is 23.9. The summed E-state index contributed by atoms with van der Waals surface area (Å²) in [6.45, 7) is -0.155. The number of rotatable bonds is 5. The normalized spacial score (nSPS) is 10.4. The molecule has 126 valence electrons. The number of ether oxygens (including phenoxy) is 2. The van der Waals surface area contributed by atoms with Crippen LogP contribution >= 0.6 is 0 Å². The molecule has 0 aliphatic rings. The minimum Gasteiger partial charge on any atom is -0.507 e. The molecular formula is C20H16O5. The second-order valence-corrected chi connectivity index (χ2v) is 5.35. The third-order valence-corrected chi connectivity index (χ3v) is 3.64. The van der Waals surface area contributed by atoms with Gasteiger partial charge in [-0.25, -0.2) is 9.59 Å². The van der Waals surface area contributed by atoms with Crippen LogP contribution in [0, 0.1) is 0 Å². The number of phenolic OH excluding ortho intramolecular Hbond substituents is 1. The molecule has 0 saturated carbocycles. The van der Waals surface area contributed by atoms with Gasteiger partial charge in [0, 0.05) is 0 Å². The third-order valence-electron chi connectivity index (χ3n) is 3.64. The van der Waals surface area contributed by atoms with Gasteiger partial charge in [-0.1, -0.05) is 42.5 Å². The Hall–Kier alpha value is -3.34. The highest BCUT2D eigenvalue weighted by Crippen LogP contribution is 2.25. The van der Waals surface area contributed by atoms with E-state index >= 15 is 0 Å². The first kappa shape index (κ1) is 16.5. The lowest BCUT2D eigenvalue weighted by Gasteiger charge is -2.08. The summed E-state index contributed by atoms with van der Waals surface area (Å²) in [7, 11) is 0. The van der Waals surface area contributed by atoms with E-state index in [1.165, 1.54) is 6.07 Å². The molecule has 1 N–H and O–H groups in total. The highest BCUT2D eigenvalue weighted by Gasteiger charge is 2.14. The van der Waals surface area contributed by atoms with E-state index in [0.29, 0.717) is 5.56 Å². The van der Waals surface area contributed by atoms with Gasteiger partial charge in [-0.15, -0.1) is 0 Å². The topological polar surface area (TPSA) is 72.8 Å². The zero-order chi connectivity index (χ0) is 17.6. The predicted molar refractivity (Wildman–Crippen MR) is 92.6 cm³/mol. The molecular weight excluding hydrogens is 320 g/mol. The van der Waals surface area contributed by atoms with E-state index in [4.69, 9.17) is 9.47 Å². The van der Waals surface area contributed by atoms with Crippen molar-refractivity contribution in [3.63, 3.8) is 0 Å². The molecule has 0 fully saturated rings. The number of carbonyl (C=O) groups is 2. The number of hydrogen-bond acceptors (Lipinski definition) is 5. The van der Waals surface area contributed by atoms with Crippen molar-refractivity contribution in [1.29, 1.82) is 0 Å². The van der Waals surface area contributed by atoms with Gasteiger partial charge in [0.05, 0.1) is 5.56 Å². The molecule has 0 heterocycles. The molecule has 5 heteroatoms. The van der Waals surface area contributed by atoms with Gasteiger partial charge in [0.25, 0.3) is 0 Å². The van der Waals surface area contributed by atoms with Crippen LogP contribution in [0.2, 0.25) is 0 Å². The lowest BCUT2D eigenvalue weighted by atomic mass is 10.1. The first-order valence-corrected chi connectivity index (χ1v) is 7.76. The average molecular weight is 336 g/mol. The van der Waals surface area contributed by atoms with Crippen LogP contribution in [0.3, 0.4) is 0 Å². The molecule has 0 radical (unpaired) electrons. The van der Waals surface area contributed by atoms with E-state index in [2.05, 4.69) is 0 Å². The summed E-state index contributed by atoms with van der Waals surface area (Å²) in [6, 6.07) is 19.0. The molecule has 0 atom stereocenters. The number of hydrogen-bond donors (Lipinski definition) is 1. The van der Waals surface area contributed by atoms with Crippen LogP contribution in [0.5, 0.6) is 5.75 Å². The van der Waals surface area contributed by atoms with Crippen LogP contribution < -0.4 is 0 Å². The fraction of sp³-hybridized carbons (Fsp3) is 0.100. The Balaban J connectivity index is 1.56. The van der Waals surface area contributed by atoms with Gasteiger partial charge in [-0.2, -0.15) is 0 Å². The van der Waals surface area contributed by atoms with E-state index in [0.717, 1.165) is 10.8 Å². The Morgan fingerprint density at radius 1 is 0.760 bits per heavy atom. The summed E-state index contributed by atoms with van der Waals surface area (Å²) in [5.41, 5.74) is 0.508. The van der Waals surface area contributed by atoms with Crippen LogP contribution in [-0.4, -0.2) is 30.3 Å². The second-order valence-electron chi connectivity index (χ2n) is 5.35. The minimum atomic E-state index is -0.668. The van der Waals surface area contributed by atoms with E-state index in [1.54, 1.807) is 36.4 Å². The van der Waals surface area contributed by atoms with Crippen molar-refractivity contribution in [3.05, 3.63) is 77.9 Å². The fourth-order valence-corrected chi connectivity index (χ4v) is 2.40. The van der Waals surface area contributed by atoms with Gasteiger partial charge in [0.1, 0.15) is 24.5 Å². The summed E-state index contributed by atoms with van der Waals surface area (Å²) in [5, 5.41) is 11.6. The lowest BCUT2D eigenvalue weighted by Crippen LogP contribution is -2.14. The standard InChI is InChI=1S/C20H16O5/c21-18-13-16-9-5-4-8-15(16)12-17(18)20(23)25-11-10-24-19(22)14-6-2-1-3-7-14/h1-9,12-13,21H,10-11H2. The molecule has 0 bridgehead atoms. The molecule has 0 aliphatic carbocycles. The number of phenols is 1. The van der Waals surface area contributed by atoms with Gasteiger partial charge >= 0.3 is 11.9 Å². The van der Waals surface area contributed by atoms with Crippen LogP contribution in [0.4, 0.5) is 0 Å². The Labute approximate surface area is 144 Å². The number of benzene rings is 3. The van der Waals surface area contributed by atoms with Gasteiger partial charge in [0.15, 0.2) is 0 Å². The van der Waals surface area contributed by atoms with Crippen molar-refractivity contribution in [2.24, 2.45) is 0 Å². The van der Waals surface area contributed by atoms with Gasteiger partial charge in [-0.3, -0.25) is 0 Å². The monoisotopic (exact) mass is 336 g/mol. The molecule has 0 unspecified atom stereocenters. The predicted octanol–water partition coefficient (Wildman–Crippen LogP) is 3.56. The first-order chi connectivity index (χ1) is 12.1. The smallest absolute Gasteiger partial charge is 0.342 e. The van der Waals surface area contributed by atoms with E-state index in [9.17, 15) is 14.7 Å². The van der Waals surface area contributed by atoms with E-state index in [-0.39, 0.29) is 24.5 Å². The molecule has 0 saturated heterocycles. The zero-order valence-electron chi connectivity index (χ0n) is 13.3. The van der Waals surface area contributed by atoms with Crippen molar-refractivity contribution >= 4 is 22.7 Å². The highest BCUT2D eigenvalue weighted by atomic mass is 16.6. The summed E-state index contributed by atoms with van der Waals surface area (Å²) >= 11 is 0. The van der Waals surface area contributed by atoms with Crippen molar-refractivity contribution in [2.45, 2.75) is 0 Å². The van der Waals surface area contributed by atoms with Gasteiger partial charge in [0.2, 0.25) is 0 Å². The summed E-state index contributed by atoms with van der Waals surface area (Å²) < 4.78 is 10.1. The first-order valence-electron chi connectivity index (χ1n) is 7.76. The molecule has 0 amide bonds. The maximum absolute atomic E-state index is 12.1. The summed E-state index contributed by atoms with van der Waals surface area (Å²) in [6.07, 6.45) is 0. The largest absolute Gasteiger partial charge is 0.507 e. The molecule has 3 rings (SSSR count). The fourth-order valence-electron chi connectivity index (χ4n) is 2.40. The quantitative estimate of drug-likeness (QED) is 0.570. The maximum atomic E-state index is 12.1. The Kier molecular flexibility index (Phi) is 4.95. The van der Waals surface area contributed by atoms with Crippen LogP contribution in [0.25, 0.3) is 10.8 Å². The number of carbonyl (C=O) groups excluding carboxylic acids is 2. The Morgan fingerprint density at radius 2 is 1.32 bits per heavy atom. The van der Waals surface area contributed by atoms with E-state index in [1.807, 2.05) is 24.3 Å². The second kappa shape index (κ2) is 7.49. The van der Waals surface area contributed by atoms with Gasteiger partial charge < -0.3 is 14.6 Å². The highest BCUT2D eigenvalue weighted by molar-refractivity contribution is 5.98. The average Bonchev–Trinajstić information content (AvgIpc) is 2.65. The molecule has 0 aliphatic heterocycles.